The normalized spacial score (nSPS) is 10.7. The Hall–Kier alpha value is -2.83. The summed E-state index contributed by atoms with van der Waals surface area (Å²) in [6.45, 7) is 4.43. The van der Waals surface area contributed by atoms with Crippen LogP contribution in [-0.4, -0.2) is 40.8 Å². The Bertz CT molecular complexity index is 737. The lowest BCUT2D eigenvalue weighted by Gasteiger charge is -2.10. The number of nitrogens with zero attached hydrogens (tertiary/aromatic N) is 1. The van der Waals surface area contributed by atoms with Gasteiger partial charge in [0.1, 0.15) is 11.4 Å². The Labute approximate surface area is 140 Å². The highest BCUT2D eigenvalue weighted by atomic mass is 16.5. The van der Waals surface area contributed by atoms with Gasteiger partial charge in [-0.25, -0.2) is 4.79 Å². The van der Waals surface area contributed by atoms with Crippen molar-refractivity contribution in [2.45, 2.75) is 26.2 Å². The van der Waals surface area contributed by atoms with E-state index in [9.17, 15) is 9.59 Å². The zero-order chi connectivity index (χ0) is 17.7. The standard InChI is InChI=1S/C17H21N3O4/c1-10(2)13-9-14(20-19-13)16(21)18-7-6-11-4-5-12(17(22)23)8-15(11)24-3/h4-5,8-10H,6-7H2,1-3H3,(H,18,21)(H,19,20)(H,22,23). The number of hydrogen-bond donors (Lipinski definition) is 3. The summed E-state index contributed by atoms with van der Waals surface area (Å²) in [5, 5.41) is 18.6. The molecule has 0 bridgehead atoms. The van der Waals surface area contributed by atoms with Crippen LogP contribution in [0, 0.1) is 0 Å². The van der Waals surface area contributed by atoms with Crippen molar-refractivity contribution in [3.05, 3.63) is 46.8 Å². The van der Waals surface area contributed by atoms with Gasteiger partial charge >= 0.3 is 5.97 Å². The summed E-state index contributed by atoms with van der Waals surface area (Å²) in [5.74, 6) is -0.492. The van der Waals surface area contributed by atoms with Crippen molar-refractivity contribution in [2.75, 3.05) is 13.7 Å². The molecule has 0 aliphatic rings. The number of carbonyl (C=O) groups is 2. The molecular formula is C17H21N3O4. The molecule has 2 aromatic rings. The summed E-state index contributed by atoms with van der Waals surface area (Å²) < 4.78 is 5.21. The van der Waals surface area contributed by atoms with E-state index in [1.807, 2.05) is 13.8 Å². The highest BCUT2D eigenvalue weighted by Crippen LogP contribution is 2.20. The molecule has 0 atom stereocenters. The predicted octanol–water partition coefficient (Wildman–Crippen LogP) is 2.21. The first-order valence-corrected chi connectivity index (χ1v) is 7.66. The minimum Gasteiger partial charge on any atom is -0.496 e. The zero-order valence-corrected chi connectivity index (χ0v) is 13.9. The summed E-state index contributed by atoms with van der Waals surface area (Å²) >= 11 is 0. The monoisotopic (exact) mass is 331 g/mol. The van der Waals surface area contributed by atoms with E-state index in [1.54, 1.807) is 12.1 Å². The molecule has 0 unspecified atom stereocenters. The van der Waals surface area contributed by atoms with Crippen molar-refractivity contribution in [1.82, 2.24) is 15.5 Å². The van der Waals surface area contributed by atoms with Gasteiger partial charge in [0.2, 0.25) is 0 Å². The van der Waals surface area contributed by atoms with Crippen LogP contribution < -0.4 is 10.1 Å². The first kappa shape index (κ1) is 17.5. The molecule has 1 amide bonds. The third kappa shape index (κ3) is 4.13. The fourth-order valence-corrected chi connectivity index (χ4v) is 2.23. The number of aromatic amines is 1. The van der Waals surface area contributed by atoms with Crippen LogP contribution in [-0.2, 0) is 6.42 Å². The summed E-state index contributed by atoms with van der Waals surface area (Å²) in [7, 11) is 1.49. The van der Waals surface area contributed by atoms with Crippen molar-refractivity contribution in [1.29, 1.82) is 0 Å². The maximum atomic E-state index is 12.1. The largest absolute Gasteiger partial charge is 0.496 e. The molecule has 0 fully saturated rings. The number of nitrogens with one attached hydrogen (secondary N) is 2. The van der Waals surface area contributed by atoms with E-state index in [4.69, 9.17) is 9.84 Å². The zero-order valence-electron chi connectivity index (χ0n) is 13.9. The molecule has 2 rings (SSSR count). The molecule has 1 aromatic carbocycles. The summed E-state index contributed by atoms with van der Waals surface area (Å²) in [5.41, 5.74) is 2.25. The van der Waals surface area contributed by atoms with Gasteiger partial charge in [-0.15, -0.1) is 0 Å². The van der Waals surface area contributed by atoms with Gasteiger partial charge in [0.15, 0.2) is 0 Å². The Balaban J connectivity index is 1.95. The minimum atomic E-state index is -1.01. The number of aromatic nitrogens is 2. The summed E-state index contributed by atoms with van der Waals surface area (Å²) in [4.78, 5) is 23.0. The number of carboxylic acid groups (broad SMARTS) is 1. The third-order valence-corrected chi connectivity index (χ3v) is 3.67. The number of amides is 1. The number of hydrogen-bond acceptors (Lipinski definition) is 4. The Morgan fingerprint density at radius 2 is 2.08 bits per heavy atom. The van der Waals surface area contributed by atoms with E-state index >= 15 is 0 Å². The molecule has 0 aliphatic heterocycles. The summed E-state index contributed by atoms with van der Waals surface area (Å²) in [6, 6.07) is 6.43. The number of rotatable bonds is 7. The van der Waals surface area contributed by atoms with Crippen molar-refractivity contribution < 1.29 is 19.4 Å². The van der Waals surface area contributed by atoms with E-state index in [1.165, 1.54) is 19.2 Å². The first-order chi connectivity index (χ1) is 11.4. The smallest absolute Gasteiger partial charge is 0.335 e. The van der Waals surface area contributed by atoms with Crippen LogP contribution in [0.1, 0.15) is 51.9 Å². The second kappa shape index (κ2) is 7.63. The van der Waals surface area contributed by atoms with Crippen molar-refractivity contribution in [2.24, 2.45) is 0 Å². The molecule has 128 valence electrons. The van der Waals surface area contributed by atoms with E-state index in [0.717, 1.165) is 11.3 Å². The van der Waals surface area contributed by atoms with Crippen LogP contribution >= 0.6 is 0 Å². The molecule has 0 radical (unpaired) electrons. The molecule has 0 saturated heterocycles. The first-order valence-electron chi connectivity index (χ1n) is 7.66. The molecule has 7 nitrogen and oxygen atoms in total. The number of aromatic carboxylic acids is 1. The molecule has 1 heterocycles. The van der Waals surface area contributed by atoms with Gasteiger partial charge in [0, 0.05) is 12.2 Å². The van der Waals surface area contributed by atoms with E-state index in [-0.39, 0.29) is 17.4 Å². The Morgan fingerprint density at radius 3 is 2.67 bits per heavy atom. The average Bonchev–Trinajstić information content (AvgIpc) is 3.05. The number of ether oxygens (including phenoxy) is 1. The number of methoxy groups -OCH3 is 1. The molecule has 0 spiro atoms. The van der Waals surface area contributed by atoms with E-state index in [0.29, 0.717) is 24.4 Å². The van der Waals surface area contributed by atoms with Crippen molar-refractivity contribution >= 4 is 11.9 Å². The quantitative estimate of drug-likeness (QED) is 0.721. The Kier molecular flexibility index (Phi) is 5.57. The van der Waals surface area contributed by atoms with Crippen LogP contribution in [0.5, 0.6) is 5.75 Å². The second-order valence-corrected chi connectivity index (χ2v) is 5.70. The fraction of sp³-hybridized carbons (Fsp3) is 0.353. The van der Waals surface area contributed by atoms with Crippen LogP contribution in [0.4, 0.5) is 0 Å². The van der Waals surface area contributed by atoms with Crippen molar-refractivity contribution in [3.63, 3.8) is 0 Å². The highest BCUT2D eigenvalue weighted by Gasteiger charge is 2.13. The topological polar surface area (TPSA) is 104 Å². The Morgan fingerprint density at radius 1 is 1.33 bits per heavy atom. The number of carboxylic acids is 1. The van der Waals surface area contributed by atoms with Crippen LogP contribution in [0.15, 0.2) is 24.3 Å². The number of H-pyrrole nitrogens is 1. The van der Waals surface area contributed by atoms with E-state index in [2.05, 4.69) is 15.5 Å². The molecule has 1 aromatic heterocycles. The fourth-order valence-electron chi connectivity index (χ4n) is 2.23. The lowest BCUT2D eigenvalue weighted by molar-refractivity contribution is 0.0696. The van der Waals surface area contributed by atoms with Crippen molar-refractivity contribution in [3.8, 4) is 5.75 Å². The number of benzene rings is 1. The van der Waals surface area contributed by atoms with Crippen LogP contribution in [0.25, 0.3) is 0 Å². The highest BCUT2D eigenvalue weighted by molar-refractivity contribution is 5.92. The van der Waals surface area contributed by atoms with Gasteiger partial charge < -0.3 is 15.2 Å². The second-order valence-electron chi connectivity index (χ2n) is 5.70. The van der Waals surface area contributed by atoms with Gasteiger partial charge in [-0.1, -0.05) is 19.9 Å². The van der Waals surface area contributed by atoms with E-state index < -0.39 is 5.97 Å². The van der Waals surface area contributed by atoms with Crippen LogP contribution in [0.2, 0.25) is 0 Å². The molecule has 0 saturated carbocycles. The van der Waals surface area contributed by atoms with Crippen LogP contribution in [0.3, 0.4) is 0 Å². The SMILES string of the molecule is COc1cc(C(=O)O)ccc1CCNC(=O)c1cc(C(C)C)[nH]n1. The maximum Gasteiger partial charge on any atom is 0.335 e. The van der Waals surface area contributed by atoms with Gasteiger partial charge in [-0.05, 0) is 36.1 Å². The van der Waals surface area contributed by atoms with Gasteiger partial charge in [0.25, 0.3) is 5.91 Å². The molecule has 0 aliphatic carbocycles. The molecule has 7 heteroatoms. The minimum absolute atomic E-state index is 0.164. The third-order valence-electron chi connectivity index (χ3n) is 3.67. The maximum absolute atomic E-state index is 12.1. The number of carbonyl (C=O) groups excluding carboxylic acids is 1. The lowest BCUT2D eigenvalue weighted by Crippen LogP contribution is -2.26. The molecule has 3 N–H and O–H groups in total. The van der Waals surface area contributed by atoms with Gasteiger partial charge in [0.05, 0.1) is 12.7 Å². The molecular weight excluding hydrogens is 310 g/mol. The predicted molar refractivity (Wildman–Crippen MR) is 88.7 cm³/mol. The average molecular weight is 331 g/mol. The lowest BCUT2D eigenvalue weighted by atomic mass is 10.1. The molecule has 24 heavy (non-hydrogen) atoms. The van der Waals surface area contributed by atoms with Gasteiger partial charge in [-0.3, -0.25) is 9.89 Å². The summed E-state index contributed by atoms with van der Waals surface area (Å²) in [6.07, 6.45) is 0.524. The van der Waals surface area contributed by atoms with Gasteiger partial charge in [-0.2, -0.15) is 5.10 Å².